The van der Waals surface area contributed by atoms with Crippen LogP contribution in [0.5, 0.6) is 0 Å². The van der Waals surface area contributed by atoms with Gasteiger partial charge in [-0.25, -0.2) is 9.78 Å². The highest BCUT2D eigenvalue weighted by molar-refractivity contribution is 5.95. The first-order chi connectivity index (χ1) is 9.21. The molecule has 0 aromatic carbocycles. The Hall–Kier alpha value is -1.78. The molecular weight excluding hydrogens is 254 g/mol. The minimum absolute atomic E-state index is 0.318. The van der Waals surface area contributed by atoms with Crippen molar-refractivity contribution >= 4 is 17.5 Å². The van der Waals surface area contributed by atoms with Gasteiger partial charge in [-0.3, -0.25) is 0 Å². The molecule has 3 N–H and O–H groups in total. The van der Waals surface area contributed by atoms with E-state index in [-0.39, 0.29) is 0 Å². The summed E-state index contributed by atoms with van der Waals surface area (Å²) in [6.07, 6.45) is 1.48. The maximum Gasteiger partial charge on any atom is 0.340 e. The Morgan fingerprint density at radius 1 is 1.40 bits per heavy atom. The van der Waals surface area contributed by atoms with Crippen LogP contribution in [0, 0.1) is 16.7 Å². The lowest BCUT2D eigenvalue weighted by Gasteiger charge is -2.09. The second-order valence-electron chi connectivity index (χ2n) is 6.53. The van der Waals surface area contributed by atoms with E-state index in [4.69, 9.17) is 10.5 Å². The predicted molar refractivity (Wildman–Crippen MR) is 79.5 cm³/mol. The number of anilines is 2. The maximum atomic E-state index is 11.6. The number of nitrogens with two attached hydrogens (primary N) is 1. The molecule has 1 fully saturated rings. The van der Waals surface area contributed by atoms with Gasteiger partial charge in [0.2, 0.25) is 0 Å². The van der Waals surface area contributed by atoms with Gasteiger partial charge in [-0.05, 0) is 22.8 Å². The zero-order chi connectivity index (χ0) is 15.1. The Labute approximate surface area is 119 Å². The van der Waals surface area contributed by atoms with Gasteiger partial charge in [0.25, 0.3) is 0 Å². The zero-order valence-corrected chi connectivity index (χ0v) is 12.8. The van der Waals surface area contributed by atoms with Crippen molar-refractivity contribution in [3.63, 3.8) is 0 Å². The number of hydrogen-bond acceptors (Lipinski definition) is 5. The number of pyridine rings is 1. The first-order valence-electron chi connectivity index (χ1n) is 6.79. The van der Waals surface area contributed by atoms with Crippen LogP contribution in [-0.4, -0.2) is 24.6 Å². The van der Waals surface area contributed by atoms with Gasteiger partial charge in [-0.15, -0.1) is 0 Å². The minimum atomic E-state index is -0.444. The smallest absolute Gasteiger partial charge is 0.340 e. The van der Waals surface area contributed by atoms with Crippen LogP contribution in [0.2, 0.25) is 0 Å². The lowest BCUT2D eigenvalue weighted by molar-refractivity contribution is 0.0602. The highest BCUT2D eigenvalue weighted by atomic mass is 16.5. The largest absolute Gasteiger partial charge is 0.465 e. The molecule has 0 atom stereocenters. The van der Waals surface area contributed by atoms with E-state index in [0.29, 0.717) is 33.8 Å². The van der Waals surface area contributed by atoms with Gasteiger partial charge in [-0.2, -0.15) is 0 Å². The fraction of sp³-hybridized carbons (Fsp3) is 0.600. The fourth-order valence-corrected chi connectivity index (χ4v) is 2.90. The molecule has 5 nitrogen and oxygen atoms in total. The van der Waals surface area contributed by atoms with Crippen molar-refractivity contribution < 1.29 is 9.53 Å². The molecule has 1 saturated carbocycles. The Balaban J connectivity index is 2.07. The van der Waals surface area contributed by atoms with E-state index >= 15 is 0 Å². The molecule has 1 aliphatic carbocycles. The molecule has 0 unspecified atom stereocenters. The molecule has 20 heavy (non-hydrogen) atoms. The van der Waals surface area contributed by atoms with E-state index in [0.717, 1.165) is 6.54 Å². The zero-order valence-electron chi connectivity index (χ0n) is 12.8. The molecule has 5 heteroatoms. The molecule has 2 rings (SSSR count). The number of carbonyl (C=O) groups is 1. The summed E-state index contributed by atoms with van der Waals surface area (Å²) in [6, 6.07) is 1.64. The number of nitrogen functional groups attached to an aromatic ring is 1. The third kappa shape index (κ3) is 2.21. The van der Waals surface area contributed by atoms with Crippen molar-refractivity contribution in [2.75, 3.05) is 24.7 Å². The molecule has 0 spiro atoms. The summed E-state index contributed by atoms with van der Waals surface area (Å²) in [5.74, 6) is 0.786. The molecule has 1 aromatic rings. The summed E-state index contributed by atoms with van der Waals surface area (Å²) >= 11 is 0. The van der Waals surface area contributed by atoms with Gasteiger partial charge in [0.1, 0.15) is 5.82 Å². The van der Waals surface area contributed by atoms with Gasteiger partial charge in [0.05, 0.1) is 24.6 Å². The van der Waals surface area contributed by atoms with Gasteiger partial charge >= 0.3 is 5.97 Å². The van der Waals surface area contributed by atoms with Crippen LogP contribution in [0.1, 0.15) is 38.1 Å². The summed E-state index contributed by atoms with van der Waals surface area (Å²) in [4.78, 5) is 15.8. The van der Waals surface area contributed by atoms with Crippen molar-refractivity contribution in [1.82, 2.24) is 4.98 Å². The maximum absolute atomic E-state index is 11.6. The van der Waals surface area contributed by atoms with E-state index in [1.807, 2.05) is 0 Å². The first-order valence-corrected chi connectivity index (χ1v) is 6.79. The van der Waals surface area contributed by atoms with Crippen LogP contribution in [-0.2, 0) is 4.74 Å². The summed E-state index contributed by atoms with van der Waals surface area (Å²) < 4.78 is 4.70. The van der Waals surface area contributed by atoms with E-state index in [9.17, 15) is 4.79 Å². The van der Waals surface area contributed by atoms with Gasteiger partial charge in [-0.1, -0.05) is 27.7 Å². The quantitative estimate of drug-likeness (QED) is 0.827. The Bertz CT molecular complexity index is 524. The number of carbonyl (C=O) groups excluding carboxylic acids is 1. The predicted octanol–water partition coefficient (Wildman–Crippen LogP) is 2.54. The number of ether oxygens (including phenoxy) is 1. The highest BCUT2D eigenvalue weighted by Crippen LogP contribution is 2.68. The van der Waals surface area contributed by atoms with Crippen LogP contribution < -0.4 is 11.1 Å². The lowest BCUT2D eigenvalue weighted by Crippen LogP contribution is -2.12. The molecule has 1 aromatic heterocycles. The molecular formula is C15H23N3O2. The van der Waals surface area contributed by atoms with Crippen molar-refractivity contribution in [2.24, 2.45) is 16.7 Å². The molecule has 0 amide bonds. The molecule has 1 aliphatic rings. The average molecular weight is 277 g/mol. The Kier molecular flexibility index (Phi) is 3.40. The normalized spacial score (nSPS) is 19.4. The fourth-order valence-electron chi connectivity index (χ4n) is 2.90. The van der Waals surface area contributed by atoms with E-state index < -0.39 is 5.97 Å². The first kappa shape index (κ1) is 14.6. The Morgan fingerprint density at radius 2 is 2.00 bits per heavy atom. The summed E-state index contributed by atoms with van der Waals surface area (Å²) in [7, 11) is 1.34. The van der Waals surface area contributed by atoms with Crippen molar-refractivity contribution in [1.29, 1.82) is 0 Å². The SMILES string of the molecule is COC(=O)c1cc(NCC2C(C)(C)C2(C)C)ncc1N. The Morgan fingerprint density at radius 3 is 2.50 bits per heavy atom. The second-order valence-corrected chi connectivity index (χ2v) is 6.53. The summed E-state index contributed by atoms with van der Waals surface area (Å²) in [5.41, 5.74) is 7.04. The van der Waals surface area contributed by atoms with Gasteiger partial charge < -0.3 is 15.8 Å². The molecule has 0 saturated heterocycles. The van der Waals surface area contributed by atoms with Crippen molar-refractivity contribution in [3.05, 3.63) is 17.8 Å². The topological polar surface area (TPSA) is 77.2 Å². The number of rotatable bonds is 4. The monoisotopic (exact) mass is 277 g/mol. The molecule has 0 aliphatic heterocycles. The lowest BCUT2D eigenvalue weighted by atomic mass is 10.0. The number of hydrogen-bond donors (Lipinski definition) is 2. The van der Waals surface area contributed by atoms with E-state index in [2.05, 4.69) is 38.0 Å². The van der Waals surface area contributed by atoms with Crippen LogP contribution >= 0.6 is 0 Å². The van der Waals surface area contributed by atoms with Crippen LogP contribution in [0.15, 0.2) is 12.3 Å². The van der Waals surface area contributed by atoms with Gasteiger partial charge in [0.15, 0.2) is 0 Å². The number of methoxy groups -OCH3 is 1. The highest BCUT2D eigenvalue weighted by Gasteiger charge is 2.64. The summed E-state index contributed by atoms with van der Waals surface area (Å²) in [5, 5.41) is 3.29. The molecule has 110 valence electrons. The van der Waals surface area contributed by atoms with Crippen LogP contribution in [0.3, 0.4) is 0 Å². The third-order valence-electron chi connectivity index (χ3n) is 5.15. The number of esters is 1. The number of aromatic nitrogens is 1. The summed E-state index contributed by atoms with van der Waals surface area (Å²) in [6.45, 7) is 9.92. The van der Waals surface area contributed by atoms with Crippen molar-refractivity contribution in [3.8, 4) is 0 Å². The third-order valence-corrected chi connectivity index (χ3v) is 5.15. The molecule has 0 radical (unpaired) electrons. The van der Waals surface area contributed by atoms with Crippen molar-refractivity contribution in [2.45, 2.75) is 27.7 Å². The standard InChI is InChI=1S/C15H23N3O2/c1-14(2)11(15(14,3)4)8-18-12-6-9(13(19)20-5)10(16)7-17-12/h6-7,11H,8,16H2,1-5H3,(H,17,18). The molecule has 1 heterocycles. The second kappa shape index (κ2) is 4.65. The van der Waals surface area contributed by atoms with Crippen LogP contribution in [0.4, 0.5) is 11.5 Å². The number of nitrogens with one attached hydrogen (secondary N) is 1. The average Bonchev–Trinajstić information content (AvgIpc) is 2.78. The minimum Gasteiger partial charge on any atom is -0.465 e. The molecule has 0 bridgehead atoms. The van der Waals surface area contributed by atoms with E-state index in [1.54, 1.807) is 6.07 Å². The number of nitrogens with zero attached hydrogens (tertiary/aromatic N) is 1. The van der Waals surface area contributed by atoms with Crippen LogP contribution in [0.25, 0.3) is 0 Å². The van der Waals surface area contributed by atoms with Gasteiger partial charge in [0, 0.05) is 6.54 Å². The van der Waals surface area contributed by atoms with E-state index in [1.165, 1.54) is 13.3 Å².